The molecule has 1 aromatic heterocycles. The Balaban J connectivity index is 1.33. The smallest absolute Gasteiger partial charge is 0.232 e. The van der Waals surface area contributed by atoms with Gasteiger partial charge in [0.05, 0.1) is 13.2 Å². The number of hydrogen-bond donors (Lipinski definition) is 2. The number of nitrogens with one attached hydrogen (secondary N) is 2. The molecule has 2 aromatic rings. The molecule has 2 aliphatic heterocycles. The van der Waals surface area contributed by atoms with Gasteiger partial charge in [0, 0.05) is 44.2 Å². The standard InChI is InChI=1S/C29H42N6OS/c1-22-17-23(2)20-35(19-22)26-18-25(34-13-15-36-16-14-34)31-27(32-26)33-28(37)30-21-29(11-7-4-8-12-29)24-9-5-3-6-10-24/h3,5-6,9-10,18,22-23H,4,7-8,11-17,19-21H2,1-2H3,(H2,30,31,32,33,37)/t22-,23-/m0/s1. The van der Waals surface area contributed by atoms with Crippen molar-refractivity contribution in [1.82, 2.24) is 15.3 Å². The molecule has 0 amide bonds. The number of nitrogens with zero attached hydrogens (tertiary/aromatic N) is 4. The number of ether oxygens (including phenoxy) is 1. The molecule has 0 spiro atoms. The van der Waals surface area contributed by atoms with Crippen LogP contribution in [0.15, 0.2) is 36.4 Å². The van der Waals surface area contributed by atoms with E-state index in [4.69, 9.17) is 26.9 Å². The molecule has 0 radical (unpaired) electrons. The second-order valence-corrected chi connectivity index (χ2v) is 11.8. The molecular formula is C29H42N6OS. The lowest BCUT2D eigenvalue weighted by Gasteiger charge is -2.38. The fraction of sp³-hybridized carbons (Fsp3) is 0.621. The van der Waals surface area contributed by atoms with Crippen molar-refractivity contribution in [3.8, 4) is 0 Å². The van der Waals surface area contributed by atoms with Crippen LogP contribution in [0.5, 0.6) is 0 Å². The van der Waals surface area contributed by atoms with Crippen molar-refractivity contribution < 1.29 is 4.74 Å². The number of benzene rings is 1. The van der Waals surface area contributed by atoms with Crippen molar-refractivity contribution in [3.63, 3.8) is 0 Å². The molecule has 1 aliphatic carbocycles. The average molecular weight is 523 g/mol. The van der Waals surface area contributed by atoms with E-state index in [1.165, 1.54) is 44.1 Å². The van der Waals surface area contributed by atoms with E-state index < -0.39 is 0 Å². The number of hydrogen-bond acceptors (Lipinski definition) is 6. The molecule has 0 unspecified atom stereocenters. The van der Waals surface area contributed by atoms with Crippen molar-refractivity contribution >= 4 is 34.9 Å². The minimum Gasteiger partial charge on any atom is -0.378 e. The maximum atomic E-state index is 5.79. The van der Waals surface area contributed by atoms with Crippen molar-refractivity contribution in [3.05, 3.63) is 42.0 Å². The maximum absolute atomic E-state index is 5.79. The zero-order chi connectivity index (χ0) is 25.7. The molecule has 2 saturated heterocycles. The van der Waals surface area contributed by atoms with Crippen molar-refractivity contribution in [1.29, 1.82) is 0 Å². The highest BCUT2D eigenvalue weighted by molar-refractivity contribution is 7.80. The highest BCUT2D eigenvalue weighted by Gasteiger charge is 2.34. The van der Waals surface area contributed by atoms with E-state index in [1.807, 2.05) is 0 Å². The van der Waals surface area contributed by atoms with Crippen molar-refractivity contribution in [2.24, 2.45) is 11.8 Å². The van der Waals surface area contributed by atoms with Crippen molar-refractivity contribution in [2.45, 2.75) is 57.8 Å². The summed E-state index contributed by atoms with van der Waals surface area (Å²) in [6, 6.07) is 13.1. The predicted octanol–water partition coefficient (Wildman–Crippen LogP) is 4.98. The second-order valence-electron chi connectivity index (χ2n) is 11.4. The number of aromatic nitrogens is 2. The van der Waals surface area contributed by atoms with E-state index in [-0.39, 0.29) is 5.41 Å². The van der Waals surface area contributed by atoms with Crippen LogP contribution in [0.2, 0.25) is 0 Å². The van der Waals surface area contributed by atoms with E-state index in [0.717, 1.165) is 57.6 Å². The summed E-state index contributed by atoms with van der Waals surface area (Å²) in [5.41, 5.74) is 1.53. The Morgan fingerprint density at radius 3 is 2.30 bits per heavy atom. The molecular weight excluding hydrogens is 480 g/mol. The predicted molar refractivity (Wildman–Crippen MR) is 156 cm³/mol. The molecule has 3 aliphatic rings. The van der Waals surface area contributed by atoms with E-state index in [2.05, 4.69) is 70.7 Å². The van der Waals surface area contributed by atoms with Gasteiger partial charge in [0.2, 0.25) is 5.95 Å². The first kappa shape index (κ1) is 26.2. The monoisotopic (exact) mass is 522 g/mol. The minimum atomic E-state index is 0.118. The molecule has 1 saturated carbocycles. The first-order chi connectivity index (χ1) is 18.0. The first-order valence-electron chi connectivity index (χ1n) is 14.1. The van der Waals surface area contributed by atoms with Crippen LogP contribution in [0.25, 0.3) is 0 Å². The summed E-state index contributed by atoms with van der Waals surface area (Å²) in [4.78, 5) is 14.5. The fourth-order valence-electron chi connectivity index (χ4n) is 6.43. The topological polar surface area (TPSA) is 65.6 Å². The Hall–Kier alpha value is -2.45. The van der Waals surface area contributed by atoms with Crippen LogP contribution < -0.4 is 20.4 Å². The van der Waals surface area contributed by atoms with Gasteiger partial charge in [0.1, 0.15) is 11.6 Å². The van der Waals surface area contributed by atoms with Crippen LogP contribution in [0, 0.1) is 11.8 Å². The highest BCUT2D eigenvalue weighted by atomic mass is 32.1. The number of anilines is 3. The lowest BCUT2D eigenvalue weighted by molar-refractivity contribution is 0.122. The van der Waals surface area contributed by atoms with Gasteiger partial charge >= 0.3 is 0 Å². The molecule has 37 heavy (non-hydrogen) atoms. The Labute approximate surface area is 227 Å². The third kappa shape index (κ3) is 6.52. The lowest BCUT2D eigenvalue weighted by Crippen LogP contribution is -2.44. The van der Waals surface area contributed by atoms with Crippen LogP contribution in [0.4, 0.5) is 17.6 Å². The summed E-state index contributed by atoms with van der Waals surface area (Å²) in [5, 5.41) is 7.48. The Bertz CT molecular complexity index is 1030. The quantitative estimate of drug-likeness (QED) is 0.515. The molecule has 3 fully saturated rings. The van der Waals surface area contributed by atoms with Gasteiger partial charge in [-0.1, -0.05) is 63.4 Å². The van der Waals surface area contributed by atoms with E-state index >= 15 is 0 Å². The van der Waals surface area contributed by atoms with Crippen LogP contribution >= 0.6 is 12.2 Å². The van der Waals surface area contributed by atoms with Gasteiger partial charge < -0.3 is 25.2 Å². The molecule has 2 N–H and O–H groups in total. The van der Waals surface area contributed by atoms with Crippen LogP contribution in [0.3, 0.4) is 0 Å². The summed E-state index contributed by atoms with van der Waals surface area (Å²) < 4.78 is 5.58. The molecule has 5 rings (SSSR count). The van der Waals surface area contributed by atoms with E-state index in [9.17, 15) is 0 Å². The second kappa shape index (κ2) is 11.9. The van der Waals surface area contributed by atoms with Crippen LogP contribution in [-0.4, -0.2) is 61.0 Å². The van der Waals surface area contributed by atoms with Crippen LogP contribution in [-0.2, 0) is 10.2 Å². The number of rotatable bonds is 6. The fourth-order valence-corrected chi connectivity index (χ4v) is 6.59. The van der Waals surface area contributed by atoms with Crippen molar-refractivity contribution in [2.75, 3.05) is 61.1 Å². The van der Waals surface area contributed by atoms with Gasteiger partial charge in [-0.05, 0) is 48.9 Å². The molecule has 200 valence electrons. The normalized spacial score (nSPS) is 23.9. The molecule has 8 heteroatoms. The Kier molecular flexibility index (Phi) is 8.45. The third-order valence-electron chi connectivity index (χ3n) is 8.24. The molecule has 2 atom stereocenters. The van der Waals surface area contributed by atoms with Gasteiger partial charge in [0.15, 0.2) is 5.11 Å². The third-order valence-corrected chi connectivity index (χ3v) is 8.48. The Morgan fingerprint density at radius 2 is 1.62 bits per heavy atom. The summed E-state index contributed by atoms with van der Waals surface area (Å²) >= 11 is 5.79. The molecule has 1 aromatic carbocycles. The first-order valence-corrected chi connectivity index (χ1v) is 14.5. The van der Waals surface area contributed by atoms with Gasteiger partial charge in [-0.3, -0.25) is 0 Å². The zero-order valence-corrected chi connectivity index (χ0v) is 23.2. The van der Waals surface area contributed by atoms with Gasteiger partial charge in [-0.15, -0.1) is 0 Å². The molecule has 3 heterocycles. The maximum Gasteiger partial charge on any atom is 0.232 e. The zero-order valence-electron chi connectivity index (χ0n) is 22.4. The summed E-state index contributed by atoms with van der Waals surface area (Å²) in [5.74, 6) is 3.79. The van der Waals surface area contributed by atoms with E-state index in [1.54, 1.807) is 0 Å². The van der Waals surface area contributed by atoms with Crippen LogP contribution in [0.1, 0.15) is 57.9 Å². The highest BCUT2D eigenvalue weighted by Crippen LogP contribution is 2.39. The van der Waals surface area contributed by atoms with Gasteiger partial charge in [-0.25, -0.2) is 0 Å². The number of morpholine rings is 1. The molecule has 0 bridgehead atoms. The summed E-state index contributed by atoms with van der Waals surface area (Å²) in [6.07, 6.45) is 7.47. The average Bonchev–Trinajstić information content (AvgIpc) is 2.93. The Morgan fingerprint density at radius 1 is 0.973 bits per heavy atom. The minimum absolute atomic E-state index is 0.118. The largest absolute Gasteiger partial charge is 0.378 e. The number of thiocarbonyl (C=S) groups is 1. The van der Waals surface area contributed by atoms with E-state index in [0.29, 0.717) is 22.9 Å². The molecule has 7 nitrogen and oxygen atoms in total. The SMILES string of the molecule is C[C@H]1C[C@H](C)CN(c2cc(N3CCOCC3)nc(NC(=S)NCC3(c4ccccc4)CCCCC3)n2)C1. The lowest BCUT2D eigenvalue weighted by atomic mass is 9.69. The summed E-state index contributed by atoms with van der Waals surface area (Å²) in [6.45, 7) is 10.6. The van der Waals surface area contributed by atoms with Gasteiger partial charge in [-0.2, -0.15) is 9.97 Å². The van der Waals surface area contributed by atoms with Gasteiger partial charge in [0.25, 0.3) is 0 Å². The number of piperidine rings is 1. The summed E-state index contributed by atoms with van der Waals surface area (Å²) in [7, 11) is 0.